The number of rotatable bonds is 3. The third kappa shape index (κ3) is 2.81. The van der Waals surface area contributed by atoms with Crippen LogP contribution in [0.2, 0.25) is 0 Å². The van der Waals surface area contributed by atoms with Crippen molar-refractivity contribution in [2.75, 3.05) is 0 Å². The second kappa shape index (κ2) is 5.60. The Kier molecular flexibility index (Phi) is 3.72. The van der Waals surface area contributed by atoms with E-state index < -0.39 is 22.7 Å². The van der Waals surface area contributed by atoms with Crippen molar-refractivity contribution in [1.82, 2.24) is 10.2 Å². The van der Waals surface area contributed by atoms with Crippen molar-refractivity contribution in [2.24, 2.45) is 0 Å². The fourth-order valence-electron chi connectivity index (χ4n) is 2.48. The van der Waals surface area contributed by atoms with E-state index in [0.717, 1.165) is 0 Å². The largest absolute Gasteiger partial charge is 0.492 e. The zero-order valence-corrected chi connectivity index (χ0v) is 12.9. The molecule has 2 atom stereocenters. The molecule has 1 aromatic carbocycles. The molecular weight excluding hydrogens is 318 g/mol. The first-order valence-corrected chi connectivity index (χ1v) is 7.13. The van der Waals surface area contributed by atoms with E-state index in [0.29, 0.717) is 11.3 Å². The van der Waals surface area contributed by atoms with Crippen LogP contribution in [0.5, 0.6) is 17.5 Å². The molecule has 126 valence electrons. The molecule has 1 aromatic heterocycles. The molecule has 1 aliphatic rings. The number of nitro groups is 1. The van der Waals surface area contributed by atoms with Gasteiger partial charge in [-0.2, -0.15) is 0 Å². The average molecular weight is 333 g/mol. The summed E-state index contributed by atoms with van der Waals surface area (Å²) in [4.78, 5) is 10.5. The van der Waals surface area contributed by atoms with Crippen LogP contribution >= 0.6 is 0 Å². The first-order chi connectivity index (χ1) is 11.3. The Morgan fingerprint density at radius 2 is 2.04 bits per heavy atom. The first kappa shape index (κ1) is 15.9. The number of aromatic hydroxyl groups is 1. The highest BCUT2D eigenvalue weighted by molar-refractivity contribution is 5.47. The highest BCUT2D eigenvalue weighted by Crippen LogP contribution is 2.43. The maximum atomic E-state index is 11.0. The van der Waals surface area contributed by atoms with E-state index in [2.05, 4.69) is 10.2 Å². The standard InChI is InChI=1S/C15H15N3O6/c1-15(2)14(20)13(23-12-6-5-11(19)16-17-12)9-7-8(18(21)22)3-4-10(9)24-15/h3-7,13-14,20H,1-2H3,(H,16,19). The van der Waals surface area contributed by atoms with E-state index >= 15 is 0 Å². The van der Waals surface area contributed by atoms with Gasteiger partial charge in [-0.15, -0.1) is 10.2 Å². The van der Waals surface area contributed by atoms with Gasteiger partial charge in [-0.3, -0.25) is 10.1 Å². The Bertz CT molecular complexity index is 777. The zero-order valence-electron chi connectivity index (χ0n) is 12.9. The van der Waals surface area contributed by atoms with Crippen molar-refractivity contribution >= 4 is 5.69 Å². The van der Waals surface area contributed by atoms with Crippen LogP contribution < -0.4 is 9.47 Å². The van der Waals surface area contributed by atoms with Crippen molar-refractivity contribution < 1.29 is 24.6 Å². The van der Waals surface area contributed by atoms with E-state index in [4.69, 9.17) is 9.47 Å². The van der Waals surface area contributed by atoms with Crippen molar-refractivity contribution in [3.05, 3.63) is 46.0 Å². The second-order valence-corrected chi connectivity index (χ2v) is 5.90. The monoisotopic (exact) mass is 333 g/mol. The molecule has 9 nitrogen and oxygen atoms in total. The van der Waals surface area contributed by atoms with Crippen LogP contribution in [0.15, 0.2) is 30.3 Å². The van der Waals surface area contributed by atoms with Gasteiger partial charge in [0.15, 0.2) is 6.10 Å². The van der Waals surface area contributed by atoms with Gasteiger partial charge in [0, 0.05) is 29.8 Å². The van der Waals surface area contributed by atoms with Gasteiger partial charge in [0.25, 0.3) is 5.69 Å². The van der Waals surface area contributed by atoms with E-state index in [1.54, 1.807) is 13.8 Å². The van der Waals surface area contributed by atoms with Crippen LogP contribution in [-0.2, 0) is 0 Å². The first-order valence-electron chi connectivity index (χ1n) is 7.13. The number of ether oxygens (including phenoxy) is 2. The lowest BCUT2D eigenvalue weighted by atomic mass is 9.88. The summed E-state index contributed by atoms with van der Waals surface area (Å²) in [6.45, 7) is 3.36. The Hall–Kier alpha value is -2.94. The third-order valence-electron chi connectivity index (χ3n) is 3.76. The van der Waals surface area contributed by atoms with Gasteiger partial charge in [-0.1, -0.05) is 0 Å². The number of aliphatic hydroxyl groups is 1. The number of non-ortho nitro benzene ring substituents is 1. The summed E-state index contributed by atoms with van der Waals surface area (Å²) in [5.41, 5.74) is -0.779. The van der Waals surface area contributed by atoms with E-state index in [9.17, 15) is 20.3 Å². The fraction of sp³-hybridized carbons (Fsp3) is 0.333. The molecule has 0 saturated heterocycles. The molecule has 2 unspecified atom stereocenters. The van der Waals surface area contributed by atoms with Crippen LogP contribution in [0.3, 0.4) is 0 Å². The highest BCUT2D eigenvalue weighted by atomic mass is 16.6. The normalized spacial score (nSPS) is 21.5. The summed E-state index contributed by atoms with van der Waals surface area (Å²) < 4.78 is 11.4. The predicted molar refractivity (Wildman–Crippen MR) is 80.9 cm³/mol. The molecule has 0 bridgehead atoms. The van der Waals surface area contributed by atoms with Crippen LogP contribution in [0.1, 0.15) is 25.5 Å². The Morgan fingerprint density at radius 1 is 1.29 bits per heavy atom. The maximum absolute atomic E-state index is 11.0. The Labute approximate surface area is 136 Å². The smallest absolute Gasteiger partial charge is 0.270 e. The van der Waals surface area contributed by atoms with Gasteiger partial charge in [0.1, 0.15) is 17.5 Å². The molecule has 1 aliphatic heterocycles. The Morgan fingerprint density at radius 3 is 2.67 bits per heavy atom. The molecule has 9 heteroatoms. The van der Waals surface area contributed by atoms with Crippen LogP contribution in [0, 0.1) is 10.1 Å². The van der Waals surface area contributed by atoms with Gasteiger partial charge in [0.2, 0.25) is 11.8 Å². The van der Waals surface area contributed by atoms with Gasteiger partial charge in [-0.25, -0.2) is 0 Å². The minimum Gasteiger partial charge on any atom is -0.492 e. The summed E-state index contributed by atoms with van der Waals surface area (Å²) in [6.07, 6.45) is -2.05. The summed E-state index contributed by atoms with van der Waals surface area (Å²) in [7, 11) is 0. The molecule has 2 aromatic rings. The molecule has 0 spiro atoms. The summed E-state index contributed by atoms with van der Waals surface area (Å²) in [5, 5.41) is 37.9. The fourth-order valence-corrected chi connectivity index (χ4v) is 2.48. The molecule has 0 radical (unpaired) electrons. The van der Waals surface area contributed by atoms with Crippen LogP contribution in [0.4, 0.5) is 5.69 Å². The average Bonchev–Trinajstić information content (AvgIpc) is 2.53. The van der Waals surface area contributed by atoms with Crippen molar-refractivity contribution in [2.45, 2.75) is 31.7 Å². The molecule has 0 saturated carbocycles. The number of nitro benzene ring substituents is 1. The lowest BCUT2D eigenvalue weighted by Gasteiger charge is -2.41. The second-order valence-electron chi connectivity index (χ2n) is 5.90. The summed E-state index contributed by atoms with van der Waals surface area (Å²) in [6, 6.07) is 6.76. The molecular formula is C15H15N3O6. The molecule has 0 amide bonds. The van der Waals surface area contributed by atoms with E-state index in [-0.39, 0.29) is 17.4 Å². The number of nitrogens with zero attached hydrogens (tertiary/aromatic N) is 3. The van der Waals surface area contributed by atoms with Crippen molar-refractivity contribution in [3.8, 4) is 17.5 Å². The highest BCUT2D eigenvalue weighted by Gasteiger charge is 2.45. The van der Waals surface area contributed by atoms with Gasteiger partial charge in [-0.05, 0) is 19.9 Å². The maximum Gasteiger partial charge on any atom is 0.270 e. The zero-order chi connectivity index (χ0) is 17.5. The van der Waals surface area contributed by atoms with E-state index in [1.807, 2.05) is 0 Å². The van der Waals surface area contributed by atoms with Gasteiger partial charge < -0.3 is 19.7 Å². The lowest BCUT2D eigenvalue weighted by molar-refractivity contribution is -0.385. The van der Waals surface area contributed by atoms with Crippen molar-refractivity contribution in [1.29, 1.82) is 0 Å². The number of aliphatic hydroxyl groups excluding tert-OH is 1. The summed E-state index contributed by atoms with van der Waals surface area (Å²) in [5.74, 6) is 0.172. The number of hydrogen-bond donors (Lipinski definition) is 2. The number of hydrogen-bond acceptors (Lipinski definition) is 8. The van der Waals surface area contributed by atoms with Crippen molar-refractivity contribution in [3.63, 3.8) is 0 Å². The summed E-state index contributed by atoms with van der Waals surface area (Å²) >= 11 is 0. The van der Waals surface area contributed by atoms with Gasteiger partial charge >= 0.3 is 0 Å². The van der Waals surface area contributed by atoms with Crippen LogP contribution in [-0.4, -0.2) is 37.0 Å². The molecule has 2 N–H and O–H groups in total. The predicted octanol–water partition coefficient (Wildman–Crippen LogP) is 1.74. The molecule has 0 aliphatic carbocycles. The number of fused-ring (bicyclic) bond motifs is 1. The third-order valence-corrected chi connectivity index (χ3v) is 3.76. The SMILES string of the molecule is CC1(C)Oc2ccc([N+](=O)[O-])cc2C(Oc2ccc(O)nn2)C1O. The van der Waals surface area contributed by atoms with E-state index in [1.165, 1.54) is 30.3 Å². The molecule has 24 heavy (non-hydrogen) atoms. The quantitative estimate of drug-likeness (QED) is 0.642. The molecule has 0 fully saturated rings. The number of aromatic nitrogens is 2. The molecule has 3 rings (SSSR count). The van der Waals surface area contributed by atoms with Crippen LogP contribution in [0.25, 0.3) is 0 Å². The minimum atomic E-state index is -1.11. The lowest BCUT2D eigenvalue weighted by Crippen LogP contribution is -2.50. The topological polar surface area (TPSA) is 128 Å². The minimum absolute atomic E-state index is 0.0620. The van der Waals surface area contributed by atoms with Gasteiger partial charge in [0.05, 0.1) is 4.92 Å². The number of benzene rings is 1. The molecule has 2 heterocycles. The Balaban J connectivity index is 2.04.